The van der Waals surface area contributed by atoms with Crippen LogP contribution in [0.3, 0.4) is 0 Å². The number of phenols is 2. The number of aromatic hydroxyl groups is 2. The first kappa shape index (κ1) is 21.2. The molecular weight excluding hydrogens is 366 g/mol. The van der Waals surface area contributed by atoms with Crippen molar-refractivity contribution in [3.05, 3.63) is 59.7 Å². The van der Waals surface area contributed by atoms with Crippen LogP contribution in [0, 0.1) is 0 Å². The summed E-state index contributed by atoms with van der Waals surface area (Å²) in [5.74, 6) is -1.47. The van der Waals surface area contributed by atoms with Crippen LogP contribution in [0.5, 0.6) is 11.5 Å². The van der Waals surface area contributed by atoms with Crippen LogP contribution in [0.4, 0.5) is 26.3 Å². The van der Waals surface area contributed by atoms with Crippen LogP contribution in [0.2, 0.25) is 0 Å². The number of hydrogen-bond donors (Lipinski definition) is 2. The normalized spacial score (nSPS) is 11.0. The molecule has 2 rings (SSSR count). The SMILES string of the molecule is Oc1ccccc1C(F)(F)F.Oc1ccccc1C(F)(F)F.[Cr]. The Labute approximate surface area is 138 Å². The third-order valence-corrected chi connectivity index (χ3v) is 2.42. The molecule has 9 heteroatoms. The summed E-state index contributed by atoms with van der Waals surface area (Å²) in [7, 11) is 0. The minimum Gasteiger partial charge on any atom is -0.507 e. The fourth-order valence-corrected chi connectivity index (χ4v) is 1.43. The van der Waals surface area contributed by atoms with E-state index in [1.807, 2.05) is 0 Å². The van der Waals surface area contributed by atoms with Gasteiger partial charge in [0.2, 0.25) is 0 Å². The van der Waals surface area contributed by atoms with E-state index in [1.165, 1.54) is 24.3 Å². The van der Waals surface area contributed by atoms with E-state index in [1.54, 1.807) is 0 Å². The summed E-state index contributed by atoms with van der Waals surface area (Å²) in [5.41, 5.74) is -2.00. The summed E-state index contributed by atoms with van der Waals surface area (Å²) >= 11 is 0. The maximum atomic E-state index is 11.9. The molecular formula is C14H10CrF6O2. The Morgan fingerprint density at radius 1 is 0.565 bits per heavy atom. The van der Waals surface area contributed by atoms with Crippen LogP contribution >= 0.6 is 0 Å². The standard InChI is InChI=1S/2C7H5F3O.Cr/c2*8-7(9,10)5-3-1-2-4-6(5)11;/h2*1-4,11H;. The van der Waals surface area contributed by atoms with Crippen LogP contribution in [0.1, 0.15) is 11.1 Å². The van der Waals surface area contributed by atoms with Crippen molar-refractivity contribution in [1.29, 1.82) is 0 Å². The predicted octanol–water partition coefficient (Wildman–Crippen LogP) is 4.82. The van der Waals surface area contributed by atoms with Gasteiger partial charge in [-0.3, -0.25) is 0 Å². The van der Waals surface area contributed by atoms with Gasteiger partial charge in [-0.15, -0.1) is 0 Å². The van der Waals surface area contributed by atoms with Gasteiger partial charge in [-0.2, -0.15) is 26.3 Å². The Hall–Kier alpha value is -1.85. The topological polar surface area (TPSA) is 40.5 Å². The zero-order valence-electron chi connectivity index (χ0n) is 11.2. The Morgan fingerprint density at radius 3 is 1.00 bits per heavy atom. The van der Waals surface area contributed by atoms with Crippen molar-refractivity contribution in [2.75, 3.05) is 0 Å². The van der Waals surface area contributed by atoms with Crippen molar-refractivity contribution < 1.29 is 53.9 Å². The van der Waals surface area contributed by atoms with Gasteiger partial charge in [0, 0.05) is 17.4 Å². The quantitative estimate of drug-likeness (QED) is 0.648. The molecule has 0 bridgehead atoms. The van der Waals surface area contributed by atoms with Gasteiger partial charge < -0.3 is 10.2 Å². The number of hydrogen-bond acceptors (Lipinski definition) is 2. The van der Waals surface area contributed by atoms with Gasteiger partial charge in [-0.25, -0.2) is 0 Å². The van der Waals surface area contributed by atoms with Crippen molar-refractivity contribution in [2.24, 2.45) is 0 Å². The van der Waals surface area contributed by atoms with E-state index in [0.29, 0.717) is 0 Å². The molecule has 0 atom stereocenters. The number of rotatable bonds is 0. The van der Waals surface area contributed by atoms with Gasteiger partial charge >= 0.3 is 12.4 Å². The van der Waals surface area contributed by atoms with Gasteiger partial charge in [0.1, 0.15) is 11.5 Å². The van der Waals surface area contributed by atoms with Crippen LogP contribution in [0.25, 0.3) is 0 Å². The molecule has 0 aromatic heterocycles. The van der Waals surface area contributed by atoms with E-state index >= 15 is 0 Å². The molecule has 0 aliphatic rings. The van der Waals surface area contributed by atoms with Crippen molar-refractivity contribution in [1.82, 2.24) is 0 Å². The smallest absolute Gasteiger partial charge is 0.419 e. The minimum absolute atomic E-state index is 0. The fourth-order valence-electron chi connectivity index (χ4n) is 1.43. The zero-order chi connectivity index (χ0) is 17.0. The fraction of sp³-hybridized carbons (Fsp3) is 0.143. The maximum Gasteiger partial charge on any atom is 0.419 e. The summed E-state index contributed by atoms with van der Waals surface area (Å²) in [6.45, 7) is 0. The van der Waals surface area contributed by atoms with Gasteiger partial charge in [0.15, 0.2) is 0 Å². The number of halogens is 6. The van der Waals surface area contributed by atoms with Crippen molar-refractivity contribution in [3.63, 3.8) is 0 Å². The Kier molecular flexibility index (Phi) is 7.48. The molecule has 0 heterocycles. The molecule has 126 valence electrons. The van der Waals surface area contributed by atoms with E-state index in [0.717, 1.165) is 24.3 Å². The molecule has 0 saturated carbocycles. The summed E-state index contributed by atoms with van der Waals surface area (Å²) < 4.78 is 71.3. The molecule has 0 fully saturated rings. The van der Waals surface area contributed by atoms with E-state index in [4.69, 9.17) is 10.2 Å². The van der Waals surface area contributed by atoms with Crippen LogP contribution in [-0.2, 0) is 29.7 Å². The van der Waals surface area contributed by atoms with Gasteiger partial charge in [-0.1, -0.05) is 24.3 Å². The molecule has 2 N–H and O–H groups in total. The largest absolute Gasteiger partial charge is 0.507 e. The molecule has 0 unspecified atom stereocenters. The second-order valence-electron chi connectivity index (χ2n) is 4.03. The maximum absolute atomic E-state index is 11.9. The summed E-state index contributed by atoms with van der Waals surface area (Å²) in [5, 5.41) is 17.5. The van der Waals surface area contributed by atoms with Crippen LogP contribution < -0.4 is 0 Å². The van der Waals surface area contributed by atoms with E-state index in [2.05, 4.69) is 0 Å². The minimum atomic E-state index is -4.47. The second kappa shape index (κ2) is 8.13. The number of benzene rings is 2. The third-order valence-electron chi connectivity index (χ3n) is 2.42. The first-order chi connectivity index (χ1) is 10.0. The monoisotopic (exact) mass is 376 g/mol. The van der Waals surface area contributed by atoms with E-state index < -0.39 is 35.0 Å². The Bertz CT molecular complexity index is 570. The molecule has 0 saturated heterocycles. The summed E-state index contributed by atoms with van der Waals surface area (Å²) in [4.78, 5) is 0. The molecule has 23 heavy (non-hydrogen) atoms. The molecule has 0 aliphatic heterocycles. The van der Waals surface area contributed by atoms with E-state index in [9.17, 15) is 26.3 Å². The molecule has 2 aromatic rings. The molecule has 0 spiro atoms. The van der Waals surface area contributed by atoms with Gasteiger partial charge in [0.25, 0.3) is 0 Å². The molecule has 2 aromatic carbocycles. The first-order valence-electron chi connectivity index (χ1n) is 5.74. The number of para-hydroxylation sites is 2. The zero-order valence-corrected chi connectivity index (χ0v) is 12.5. The van der Waals surface area contributed by atoms with E-state index in [-0.39, 0.29) is 17.4 Å². The molecule has 0 amide bonds. The first-order valence-corrected chi connectivity index (χ1v) is 5.74. The van der Waals surface area contributed by atoms with Gasteiger partial charge in [-0.05, 0) is 24.3 Å². The number of alkyl halides is 6. The predicted molar refractivity (Wildman–Crippen MR) is 66.2 cm³/mol. The van der Waals surface area contributed by atoms with Crippen molar-refractivity contribution in [3.8, 4) is 11.5 Å². The second-order valence-corrected chi connectivity index (χ2v) is 4.03. The summed E-state index contributed by atoms with van der Waals surface area (Å²) in [6.07, 6.45) is -8.93. The average Bonchev–Trinajstić information content (AvgIpc) is 2.37. The third kappa shape index (κ3) is 6.42. The Morgan fingerprint density at radius 2 is 0.826 bits per heavy atom. The molecule has 0 radical (unpaired) electrons. The Balaban J connectivity index is 0.000000403. The van der Waals surface area contributed by atoms with Crippen molar-refractivity contribution in [2.45, 2.75) is 12.4 Å². The van der Waals surface area contributed by atoms with Gasteiger partial charge in [0.05, 0.1) is 11.1 Å². The van der Waals surface area contributed by atoms with Crippen molar-refractivity contribution >= 4 is 0 Å². The van der Waals surface area contributed by atoms with Crippen LogP contribution in [0.15, 0.2) is 48.5 Å². The summed E-state index contributed by atoms with van der Waals surface area (Å²) in [6, 6.07) is 8.79. The average molecular weight is 376 g/mol. The molecule has 2 nitrogen and oxygen atoms in total. The molecule has 0 aliphatic carbocycles. The van der Waals surface area contributed by atoms with Crippen LogP contribution in [-0.4, -0.2) is 10.2 Å². The number of phenolic OH excluding ortho intramolecular Hbond substituents is 2.